The molecule has 0 saturated carbocycles. The van der Waals surface area contributed by atoms with Gasteiger partial charge in [0.25, 0.3) is 0 Å². The van der Waals surface area contributed by atoms with Crippen LogP contribution in [0.3, 0.4) is 0 Å². The largest absolute Gasteiger partial charge is 0.497 e. The van der Waals surface area contributed by atoms with Crippen molar-refractivity contribution in [1.82, 2.24) is 0 Å². The van der Waals surface area contributed by atoms with E-state index in [2.05, 4.69) is 10.6 Å². The van der Waals surface area contributed by atoms with Crippen LogP contribution in [0.4, 0.5) is 16.2 Å². The average Bonchev–Trinajstić information content (AvgIpc) is 2.69. The molecule has 0 heterocycles. The van der Waals surface area contributed by atoms with Crippen LogP contribution in [0.1, 0.15) is 0 Å². The van der Waals surface area contributed by atoms with Crippen LogP contribution < -0.4 is 20.1 Å². The second-order valence-electron chi connectivity index (χ2n) is 5.56. The van der Waals surface area contributed by atoms with E-state index in [-0.39, 0.29) is 6.03 Å². The fourth-order valence-corrected chi connectivity index (χ4v) is 2.64. The minimum absolute atomic E-state index is 0.350. The summed E-state index contributed by atoms with van der Waals surface area (Å²) in [4.78, 5) is 12.5. The number of carbonyl (C=O) groups excluding carboxylic acids is 1. The summed E-state index contributed by atoms with van der Waals surface area (Å²) in [5, 5.41) is 5.71. The van der Waals surface area contributed by atoms with E-state index >= 15 is 0 Å². The molecule has 3 aromatic carbocycles. The second kappa shape index (κ2) is 8.07. The fourth-order valence-electron chi connectivity index (χ4n) is 2.64. The van der Waals surface area contributed by atoms with Crippen LogP contribution in [0.5, 0.6) is 11.5 Å². The number of urea groups is 1. The molecule has 0 aliphatic carbocycles. The minimum Gasteiger partial charge on any atom is -0.497 e. The Bertz CT molecular complexity index is 895. The highest BCUT2D eigenvalue weighted by Crippen LogP contribution is 2.30. The predicted octanol–water partition coefficient (Wildman–Crippen LogP) is 5.01. The van der Waals surface area contributed by atoms with Crippen molar-refractivity contribution in [3.63, 3.8) is 0 Å². The molecule has 0 unspecified atom stereocenters. The Morgan fingerprint density at radius 1 is 0.769 bits per heavy atom. The second-order valence-corrected chi connectivity index (χ2v) is 5.56. The zero-order valence-corrected chi connectivity index (χ0v) is 14.7. The zero-order valence-electron chi connectivity index (χ0n) is 14.7. The molecule has 5 nitrogen and oxygen atoms in total. The molecule has 0 bridgehead atoms. The average molecular weight is 348 g/mol. The Labute approximate surface area is 152 Å². The molecule has 0 radical (unpaired) electrons. The zero-order chi connectivity index (χ0) is 18.4. The van der Waals surface area contributed by atoms with Gasteiger partial charge in [0.2, 0.25) is 0 Å². The highest BCUT2D eigenvalue weighted by atomic mass is 16.5. The molecule has 26 heavy (non-hydrogen) atoms. The van der Waals surface area contributed by atoms with Crippen molar-refractivity contribution in [1.29, 1.82) is 0 Å². The lowest BCUT2D eigenvalue weighted by Gasteiger charge is -2.14. The number of hydrogen-bond acceptors (Lipinski definition) is 3. The van der Waals surface area contributed by atoms with Gasteiger partial charge in [-0.1, -0.05) is 48.5 Å². The number of ether oxygens (including phenoxy) is 2. The van der Waals surface area contributed by atoms with Crippen molar-refractivity contribution in [2.45, 2.75) is 0 Å². The monoisotopic (exact) mass is 348 g/mol. The molecule has 2 N–H and O–H groups in total. The first-order valence-corrected chi connectivity index (χ1v) is 8.15. The quantitative estimate of drug-likeness (QED) is 0.681. The Kier molecular flexibility index (Phi) is 5.39. The van der Waals surface area contributed by atoms with Crippen molar-refractivity contribution in [2.75, 3.05) is 24.9 Å². The summed E-state index contributed by atoms with van der Waals surface area (Å²) in [7, 11) is 3.12. The van der Waals surface area contributed by atoms with Crippen LogP contribution in [0, 0.1) is 0 Å². The third-order valence-electron chi connectivity index (χ3n) is 3.92. The van der Waals surface area contributed by atoms with Gasteiger partial charge in [0.05, 0.1) is 25.6 Å². The first-order valence-electron chi connectivity index (χ1n) is 8.15. The number of para-hydroxylation sites is 1. The van der Waals surface area contributed by atoms with E-state index in [0.717, 1.165) is 16.8 Å². The van der Waals surface area contributed by atoms with Gasteiger partial charge in [-0.2, -0.15) is 0 Å². The normalized spacial score (nSPS) is 10.1. The Morgan fingerprint density at radius 2 is 1.46 bits per heavy atom. The summed E-state index contributed by atoms with van der Waals surface area (Å²) in [6, 6.07) is 22.4. The van der Waals surface area contributed by atoms with Crippen LogP contribution in [0.15, 0.2) is 72.8 Å². The number of benzene rings is 3. The number of carbonyl (C=O) groups is 1. The summed E-state index contributed by atoms with van der Waals surface area (Å²) >= 11 is 0. The Morgan fingerprint density at radius 3 is 2.19 bits per heavy atom. The summed E-state index contributed by atoms with van der Waals surface area (Å²) in [6.07, 6.45) is 0. The van der Waals surface area contributed by atoms with Crippen molar-refractivity contribution >= 4 is 17.4 Å². The molecule has 0 fully saturated rings. The third kappa shape index (κ3) is 3.95. The summed E-state index contributed by atoms with van der Waals surface area (Å²) in [5.41, 5.74) is 3.27. The van der Waals surface area contributed by atoms with Gasteiger partial charge in [-0.3, -0.25) is 0 Å². The molecule has 0 aliphatic rings. The van der Waals surface area contributed by atoms with E-state index in [1.807, 2.05) is 54.6 Å². The molecule has 132 valence electrons. The molecular weight excluding hydrogens is 328 g/mol. The maximum absolute atomic E-state index is 12.5. The van der Waals surface area contributed by atoms with E-state index in [1.54, 1.807) is 32.4 Å². The summed E-state index contributed by atoms with van der Waals surface area (Å²) < 4.78 is 10.5. The molecule has 0 aliphatic heterocycles. The number of methoxy groups -OCH3 is 2. The van der Waals surface area contributed by atoms with Crippen LogP contribution in [0.2, 0.25) is 0 Å². The van der Waals surface area contributed by atoms with E-state index < -0.39 is 0 Å². The molecule has 0 aromatic heterocycles. The first kappa shape index (κ1) is 17.4. The number of nitrogens with one attached hydrogen (secondary N) is 2. The summed E-state index contributed by atoms with van der Waals surface area (Å²) in [5.74, 6) is 1.18. The van der Waals surface area contributed by atoms with Gasteiger partial charge in [-0.15, -0.1) is 0 Å². The Hall–Kier alpha value is -3.47. The van der Waals surface area contributed by atoms with Crippen molar-refractivity contribution in [3.8, 4) is 22.6 Å². The van der Waals surface area contributed by atoms with Gasteiger partial charge in [0, 0.05) is 11.6 Å². The van der Waals surface area contributed by atoms with Crippen LogP contribution in [0.25, 0.3) is 11.1 Å². The lowest BCUT2D eigenvalue weighted by molar-refractivity contribution is 0.262. The predicted molar refractivity (Wildman–Crippen MR) is 104 cm³/mol. The van der Waals surface area contributed by atoms with Crippen molar-refractivity contribution < 1.29 is 14.3 Å². The van der Waals surface area contributed by atoms with Gasteiger partial charge < -0.3 is 20.1 Å². The van der Waals surface area contributed by atoms with Gasteiger partial charge >= 0.3 is 6.03 Å². The van der Waals surface area contributed by atoms with Crippen LogP contribution in [-0.2, 0) is 0 Å². The Balaban J connectivity index is 1.80. The molecule has 3 aromatic rings. The number of amides is 2. The molecule has 5 heteroatoms. The molecule has 0 saturated heterocycles. The maximum Gasteiger partial charge on any atom is 0.323 e. The van der Waals surface area contributed by atoms with E-state index in [9.17, 15) is 4.79 Å². The number of rotatable bonds is 5. The number of anilines is 2. The molecule has 0 spiro atoms. The van der Waals surface area contributed by atoms with Gasteiger partial charge in [-0.05, 0) is 23.8 Å². The topological polar surface area (TPSA) is 59.6 Å². The van der Waals surface area contributed by atoms with Gasteiger partial charge in [0.1, 0.15) is 11.5 Å². The lowest BCUT2D eigenvalue weighted by atomic mass is 10.0. The van der Waals surface area contributed by atoms with E-state index in [0.29, 0.717) is 17.2 Å². The van der Waals surface area contributed by atoms with Crippen LogP contribution >= 0.6 is 0 Å². The smallest absolute Gasteiger partial charge is 0.323 e. The van der Waals surface area contributed by atoms with Gasteiger partial charge in [-0.25, -0.2) is 4.79 Å². The third-order valence-corrected chi connectivity index (χ3v) is 3.92. The molecule has 3 rings (SSSR count). The molecule has 2 amide bonds. The maximum atomic E-state index is 12.5. The fraction of sp³-hybridized carbons (Fsp3) is 0.0952. The number of hydrogen-bond donors (Lipinski definition) is 2. The standard InChI is InChI=1S/C21H20N2O3/c1-25-16-12-13-19(20(14-16)26-2)23-21(24)22-18-11-7-6-10-17(18)15-8-4-3-5-9-15/h3-14H,1-2H3,(H2,22,23,24). The van der Waals surface area contributed by atoms with Crippen molar-refractivity contribution in [3.05, 3.63) is 72.8 Å². The highest BCUT2D eigenvalue weighted by molar-refractivity contribution is 6.03. The lowest BCUT2D eigenvalue weighted by Crippen LogP contribution is -2.20. The molecule has 0 atom stereocenters. The van der Waals surface area contributed by atoms with E-state index in [4.69, 9.17) is 9.47 Å². The molecular formula is C21H20N2O3. The van der Waals surface area contributed by atoms with Crippen LogP contribution in [-0.4, -0.2) is 20.3 Å². The SMILES string of the molecule is COc1ccc(NC(=O)Nc2ccccc2-c2ccccc2)c(OC)c1. The van der Waals surface area contributed by atoms with Crippen molar-refractivity contribution in [2.24, 2.45) is 0 Å². The van der Waals surface area contributed by atoms with Gasteiger partial charge in [0.15, 0.2) is 0 Å². The first-order chi connectivity index (χ1) is 12.7. The summed E-state index contributed by atoms with van der Waals surface area (Å²) in [6.45, 7) is 0. The minimum atomic E-state index is -0.350. The highest BCUT2D eigenvalue weighted by Gasteiger charge is 2.11. The van der Waals surface area contributed by atoms with E-state index in [1.165, 1.54) is 0 Å².